The van der Waals surface area contributed by atoms with E-state index in [9.17, 15) is 5.11 Å². The van der Waals surface area contributed by atoms with Crippen LogP contribution in [0.15, 0.2) is 41.5 Å². The first kappa shape index (κ1) is 16.8. The molecule has 3 aromatic rings. The third kappa shape index (κ3) is 3.25. The van der Waals surface area contributed by atoms with Gasteiger partial charge in [0.05, 0.1) is 23.8 Å². The molecule has 0 atom stereocenters. The van der Waals surface area contributed by atoms with Gasteiger partial charge in [0.2, 0.25) is 5.71 Å². The van der Waals surface area contributed by atoms with E-state index in [1.807, 2.05) is 0 Å². The molecule has 0 aliphatic carbocycles. The second-order valence-electron chi connectivity index (χ2n) is 5.30. The van der Waals surface area contributed by atoms with Crippen LogP contribution in [0.2, 0.25) is 0 Å². The number of aromatic hydroxyl groups is 1. The predicted octanol–water partition coefficient (Wildman–Crippen LogP) is 2.17. The molecule has 0 fully saturated rings. The number of aromatic amines is 1. The Balaban J connectivity index is 1.93. The standard InChI is InChI=1S/C17H15N7O2/c1-26-15-6-9(2-5-14(15)25)17-21-11-4-3-10(7-12(11)22-17)23-24-13(8-18)16(19)20/h2-7,23,25H,1H3,(H3,19,20)(H,21,22)/b24-13+. The molecule has 0 unspecified atom stereocenters. The molecular weight excluding hydrogens is 334 g/mol. The van der Waals surface area contributed by atoms with Crippen LogP contribution in [0.5, 0.6) is 11.5 Å². The minimum atomic E-state index is -0.411. The number of hydrogen-bond donors (Lipinski definition) is 5. The highest BCUT2D eigenvalue weighted by atomic mass is 16.5. The van der Waals surface area contributed by atoms with Gasteiger partial charge in [-0.1, -0.05) is 0 Å². The fourth-order valence-corrected chi connectivity index (χ4v) is 2.31. The number of amidine groups is 1. The van der Waals surface area contributed by atoms with Gasteiger partial charge >= 0.3 is 0 Å². The van der Waals surface area contributed by atoms with Crippen LogP contribution in [0.3, 0.4) is 0 Å². The second kappa shape index (κ2) is 6.82. The number of benzene rings is 2. The number of hydrazone groups is 1. The highest BCUT2D eigenvalue weighted by molar-refractivity contribution is 6.45. The summed E-state index contributed by atoms with van der Waals surface area (Å²) in [6.07, 6.45) is 0. The summed E-state index contributed by atoms with van der Waals surface area (Å²) in [4.78, 5) is 7.68. The number of nitriles is 1. The van der Waals surface area contributed by atoms with E-state index in [2.05, 4.69) is 20.5 Å². The van der Waals surface area contributed by atoms with Crippen LogP contribution in [0.25, 0.3) is 22.4 Å². The Bertz CT molecular complexity index is 1060. The average molecular weight is 349 g/mol. The molecule has 3 rings (SSSR count). The summed E-state index contributed by atoms with van der Waals surface area (Å²) in [6.45, 7) is 0. The average Bonchev–Trinajstić information content (AvgIpc) is 3.05. The zero-order valence-electron chi connectivity index (χ0n) is 13.7. The molecule has 0 spiro atoms. The number of ether oxygens (including phenoxy) is 1. The van der Waals surface area contributed by atoms with Crippen molar-refractivity contribution in [2.45, 2.75) is 0 Å². The van der Waals surface area contributed by atoms with E-state index in [0.29, 0.717) is 17.3 Å². The number of methoxy groups -OCH3 is 1. The second-order valence-corrected chi connectivity index (χ2v) is 5.30. The zero-order chi connectivity index (χ0) is 18.7. The monoisotopic (exact) mass is 349 g/mol. The highest BCUT2D eigenvalue weighted by Crippen LogP contribution is 2.31. The topological polar surface area (TPSA) is 156 Å². The van der Waals surface area contributed by atoms with E-state index >= 15 is 0 Å². The molecule has 26 heavy (non-hydrogen) atoms. The Kier molecular flexibility index (Phi) is 4.40. The molecule has 0 aliphatic heterocycles. The number of aromatic nitrogens is 2. The number of phenolic OH excluding ortho intramolecular Hbond substituents is 1. The van der Waals surface area contributed by atoms with Crippen molar-refractivity contribution in [3.63, 3.8) is 0 Å². The third-order valence-corrected chi connectivity index (χ3v) is 3.59. The van der Waals surface area contributed by atoms with Crippen molar-refractivity contribution in [3.05, 3.63) is 36.4 Å². The first-order chi connectivity index (χ1) is 12.5. The van der Waals surface area contributed by atoms with Gasteiger partial charge in [0.25, 0.3) is 0 Å². The lowest BCUT2D eigenvalue weighted by Gasteiger charge is -2.04. The van der Waals surface area contributed by atoms with E-state index in [1.165, 1.54) is 13.2 Å². The number of nitrogens with two attached hydrogens (primary N) is 1. The van der Waals surface area contributed by atoms with Gasteiger partial charge < -0.3 is 20.6 Å². The zero-order valence-corrected chi connectivity index (χ0v) is 13.7. The smallest absolute Gasteiger partial charge is 0.201 e. The third-order valence-electron chi connectivity index (χ3n) is 3.59. The Morgan fingerprint density at radius 1 is 1.38 bits per heavy atom. The highest BCUT2D eigenvalue weighted by Gasteiger charge is 2.09. The molecule has 0 amide bonds. The van der Waals surface area contributed by atoms with Crippen molar-refractivity contribution >= 4 is 28.3 Å². The molecular formula is C17H15N7O2. The van der Waals surface area contributed by atoms with Crippen molar-refractivity contribution < 1.29 is 9.84 Å². The molecule has 1 heterocycles. The fraction of sp³-hybridized carbons (Fsp3) is 0.0588. The van der Waals surface area contributed by atoms with Crippen molar-refractivity contribution in [2.24, 2.45) is 10.8 Å². The maximum Gasteiger partial charge on any atom is 0.201 e. The fourth-order valence-electron chi connectivity index (χ4n) is 2.31. The van der Waals surface area contributed by atoms with Gasteiger partial charge in [-0.3, -0.25) is 10.8 Å². The number of nitrogens with one attached hydrogen (secondary N) is 3. The van der Waals surface area contributed by atoms with E-state index in [4.69, 9.17) is 21.1 Å². The van der Waals surface area contributed by atoms with Gasteiger partial charge in [-0.05, 0) is 36.4 Å². The Morgan fingerprint density at radius 2 is 2.19 bits per heavy atom. The first-order valence-corrected chi connectivity index (χ1v) is 7.47. The van der Waals surface area contributed by atoms with E-state index in [1.54, 1.807) is 36.4 Å². The Hall–Kier alpha value is -4.06. The maximum atomic E-state index is 9.70. The van der Waals surface area contributed by atoms with Crippen molar-refractivity contribution in [2.75, 3.05) is 12.5 Å². The molecule has 2 aromatic carbocycles. The molecule has 1 aromatic heterocycles. The largest absolute Gasteiger partial charge is 0.504 e. The van der Waals surface area contributed by atoms with Crippen LogP contribution in [0.4, 0.5) is 5.69 Å². The molecule has 0 saturated heterocycles. The molecule has 9 heteroatoms. The Labute approximate surface area is 148 Å². The summed E-state index contributed by atoms with van der Waals surface area (Å²) < 4.78 is 5.11. The summed E-state index contributed by atoms with van der Waals surface area (Å²) in [6, 6.07) is 12.0. The van der Waals surface area contributed by atoms with Crippen LogP contribution in [-0.2, 0) is 0 Å². The van der Waals surface area contributed by atoms with E-state index in [-0.39, 0.29) is 11.5 Å². The van der Waals surface area contributed by atoms with Crippen LogP contribution in [0, 0.1) is 16.7 Å². The molecule has 6 N–H and O–H groups in total. The van der Waals surface area contributed by atoms with Crippen molar-refractivity contribution in [3.8, 4) is 29.0 Å². The summed E-state index contributed by atoms with van der Waals surface area (Å²) in [5.41, 5.74) is 10.6. The van der Waals surface area contributed by atoms with Gasteiger partial charge in [-0.25, -0.2) is 4.98 Å². The minimum absolute atomic E-state index is 0.0514. The summed E-state index contributed by atoms with van der Waals surface area (Å²) >= 11 is 0. The molecule has 0 aliphatic rings. The summed E-state index contributed by atoms with van der Waals surface area (Å²) in [5, 5.41) is 29.6. The molecule has 0 saturated carbocycles. The number of nitrogens with zero attached hydrogens (tertiary/aromatic N) is 3. The van der Waals surface area contributed by atoms with Gasteiger partial charge in [-0.15, -0.1) is 0 Å². The van der Waals surface area contributed by atoms with E-state index in [0.717, 1.165) is 16.6 Å². The maximum absolute atomic E-state index is 9.70. The predicted molar refractivity (Wildman–Crippen MR) is 98.3 cm³/mol. The molecule has 0 bridgehead atoms. The normalized spacial score (nSPS) is 11.2. The van der Waals surface area contributed by atoms with Crippen molar-refractivity contribution in [1.82, 2.24) is 9.97 Å². The van der Waals surface area contributed by atoms with Gasteiger partial charge in [0.15, 0.2) is 17.3 Å². The first-order valence-electron chi connectivity index (χ1n) is 7.47. The molecule has 9 nitrogen and oxygen atoms in total. The molecule has 0 radical (unpaired) electrons. The number of H-pyrrole nitrogens is 1. The number of anilines is 1. The quantitative estimate of drug-likeness (QED) is 0.270. The van der Waals surface area contributed by atoms with Gasteiger partial charge in [0.1, 0.15) is 11.9 Å². The van der Waals surface area contributed by atoms with Crippen LogP contribution < -0.4 is 15.9 Å². The van der Waals surface area contributed by atoms with Crippen molar-refractivity contribution in [1.29, 1.82) is 10.7 Å². The number of imidazole rings is 1. The van der Waals surface area contributed by atoms with Gasteiger partial charge in [0, 0.05) is 5.56 Å². The minimum Gasteiger partial charge on any atom is -0.504 e. The lowest BCUT2D eigenvalue weighted by atomic mass is 10.2. The summed E-state index contributed by atoms with van der Waals surface area (Å²) in [5.74, 6) is 0.606. The van der Waals surface area contributed by atoms with Crippen LogP contribution in [-0.4, -0.2) is 33.7 Å². The lowest BCUT2D eigenvalue weighted by molar-refractivity contribution is 0.373. The Morgan fingerprint density at radius 3 is 2.88 bits per heavy atom. The number of phenols is 1. The van der Waals surface area contributed by atoms with Crippen LogP contribution >= 0.6 is 0 Å². The number of rotatable bonds is 5. The molecule has 130 valence electrons. The number of hydrogen-bond acceptors (Lipinski definition) is 7. The van der Waals surface area contributed by atoms with Crippen LogP contribution in [0.1, 0.15) is 0 Å². The lowest BCUT2D eigenvalue weighted by Crippen LogP contribution is -2.21. The SMILES string of the molecule is COc1cc(-c2nc3ccc(N/N=C(\C#N)C(=N)N)cc3[nH]2)ccc1O. The van der Waals surface area contributed by atoms with E-state index < -0.39 is 5.84 Å². The number of fused-ring (bicyclic) bond motifs is 1. The van der Waals surface area contributed by atoms with Gasteiger partial charge in [-0.2, -0.15) is 10.4 Å². The summed E-state index contributed by atoms with van der Waals surface area (Å²) in [7, 11) is 1.48.